The van der Waals surface area contributed by atoms with Gasteiger partial charge in [-0.25, -0.2) is 10.2 Å². The number of carbonyl (C=O) groups excluding carboxylic acids is 1. The third kappa shape index (κ3) is 6.20. The number of aryl methyl sites for hydroxylation is 1. The van der Waals surface area contributed by atoms with Gasteiger partial charge in [0.1, 0.15) is 11.3 Å². The smallest absolute Gasteiger partial charge is 0.336 e. The molecule has 1 heterocycles. The quantitative estimate of drug-likeness (QED) is 0.292. The van der Waals surface area contributed by atoms with Gasteiger partial charge in [0.25, 0.3) is 5.91 Å². The summed E-state index contributed by atoms with van der Waals surface area (Å²) in [7, 11) is 0. The second-order valence-corrected chi connectivity index (χ2v) is 7.57. The average molecular weight is 436 g/mol. The third-order valence-corrected chi connectivity index (χ3v) is 4.94. The molecular formula is C25H29N3O4. The summed E-state index contributed by atoms with van der Waals surface area (Å²) in [5.74, 6) is 0.0467. The molecule has 0 atom stereocenters. The normalized spacial score (nSPS) is 11.1. The molecule has 32 heavy (non-hydrogen) atoms. The van der Waals surface area contributed by atoms with E-state index in [1.165, 1.54) is 11.8 Å². The molecule has 7 heteroatoms. The highest BCUT2D eigenvalue weighted by Crippen LogP contribution is 2.22. The number of fused-ring (bicyclic) bond motifs is 1. The predicted octanol–water partition coefficient (Wildman–Crippen LogP) is 4.26. The zero-order valence-corrected chi connectivity index (χ0v) is 18.8. The fraction of sp³-hybridized carbons (Fsp3) is 0.320. The van der Waals surface area contributed by atoms with Gasteiger partial charge in [-0.05, 0) is 55.2 Å². The fourth-order valence-electron chi connectivity index (χ4n) is 3.44. The Labute approximate surface area is 187 Å². The van der Waals surface area contributed by atoms with Crippen LogP contribution in [0.3, 0.4) is 0 Å². The van der Waals surface area contributed by atoms with E-state index in [9.17, 15) is 9.59 Å². The molecule has 0 bridgehead atoms. The second kappa shape index (κ2) is 11.1. The molecule has 1 N–H and O–H groups in total. The molecule has 3 rings (SSSR count). The van der Waals surface area contributed by atoms with Gasteiger partial charge in [-0.3, -0.25) is 4.79 Å². The first-order chi connectivity index (χ1) is 15.5. The van der Waals surface area contributed by atoms with E-state index in [4.69, 9.17) is 9.15 Å². The standard InChI is InChI=1S/C25H29N3O4/c1-4-12-28(13-5-2)20-8-6-19(7-9-20)16-26-27-24(29)17-31-21-10-11-22-18(3)14-25(30)32-23(22)15-21/h6-11,14-16H,4-5,12-13,17H2,1-3H3,(H,27,29)/b26-16+. The van der Waals surface area contributed by atoms with Crippen LogP contribution in [0.1, 0.15) is 37.8 Å². The zero-order valence-electron chi connectivity index (χ0n) is 18.8. The number of hydrazone groups is 1. The van der Waals surface area contributed by atoms with Crippen LogP contribution in [0.4, 0.5) is 5.69 Å². The Morgan fingerprint density at radius 3 is 2.50 bits per heavy atom. The Balaban J connectivity index is 1.52. The van der Waals surface area contributed by atoms with Gasteiger partial charge in [-0.1, -0.05) is 26.0 Å². The maximum Gasteiger partial charge on any atom is 0.336 e. The minimum atomic E-state index is -0.421. The molecule has 1 aromatic heterocycles. The molecule has 7 nitrogen and oxygen atoms in total. The molecule has 0 unspecified atom stereocenters. The van der Waals surface area contributed by atoms with Crippen LogP contribution in [-0.4, -0.2) is 31.8 Å². The van der Waals surface area contributed by atoms with Crippen molar-refractivity contribution in [3.8, 4) is 5.75 Å². The number of rotatable bonds is 10. The molecule has 0 aliphatic rings. The lowest BCUT2D eigenvalue weighted by atomic mass is 10.1. The predicted molar refractivity (Wildman–Crippen MR) is 128 cm³/mol. The summed E-state index contributed by atoms with van der Waals surface area (Å²) in [5.41, 5.74) is 5.36. The number of nitrogens with one attached hydrogen (secondary N) is 1. The number of ether oxygens (including phenoxy) is 1. The lowest BCUT2D eigenvalue weighted by Gasteiger charge is -2.23. The van der Waals surface area contributed by atoms with E-state index in [0.29, 0.717) is 11.3 Å². The van der Waals surface area contributed by atoms with Gasteiger partial charge in [0, 0.05) is 36.3 Å². The first-order valence-electron chi connectivity index (χ1n) is 10.8. The number of anilines is 1. The summed E-state index contributed by atoms with van der Waals surface area (Å²) in [6.07, 6.45) is 3.80. The molecule has 0 radical (unpaired) electrons. The van der Waals surface area contributed by atoms with Crippen LogP contribution in [-0.2, 0) is 4.79 Å². The van der Waals surface area contributed by atoms with E-state index in [-0.39, 0.29) is 12.5 Å². The zero-order chi connectivity index (χ0) is 22.9. The van der Waals surface area contributed by atoms with Crippen LogP contribution in [0.25, 0.3) is 11.0 Å². The molecule has 3 aromatic rings. The summed E-state index contributed by atoms with van der Waals surface area (Å²) in [6, 6.07) is 14.7. The first-order valence-corrected chi connectivity index (χ1v) is 10.8. The Morgan fingerprint density at radius 2 is 1.81 bits per heavy atom. The minimum absolute atomic E-state index is 0.208. The molecule has 0 saturated heterocycles. The number of hydrogen-bond acceptors (Lipinski definition) is 6. The molecule has 0 aliphatic carbocycles. The van der Waals surface area contributed by atoms with Crippen molar-refractivity contribution in [3.05, 3.63) is 70.1 Å². The molecule has 0 spiro atoms. The van der Waals surface area contributed by atoms with E-state index in [1.54, 1.807) is 24.4 Å². The molecule has 0 fully saturated rings. The van der Waals surface area contributed by atoms with Crippen molar-refractivity contribution in [2.24, 2.45) is 5.10 Å². The molecule has 0 aliphatic heterocycles. The number of amides is 1. The van der Waals surface area contributed by atoms with Crippen LogP contribution in [0, 0.1) is 6.92 Å². The molecule has 0 saturated carbocycles. The maximum absolute atomic E-state index is 12.0. The minimum Gasteiger partial charge on any atom is -0.484 e. The van der Waals surface area contributed by atoms with Gasteiger partial charge in [0.05, 0.1) is 6.21 Å². The molecule has 2 aromatic carbocycles. The van der Waals surface area contributed by atoms with Gasteiger partial charge in [-0.15, -0.1) is 0 Å². The second-order valence-electron chi connectivity index (χ2n) is 7.57. The Hall–Kier alpha value is -3.61. The topological polar surface area (TPSA) is 84.1 Å². The van der Waals surface area contributed by atoms with E-state index in [1.807, 2.05) is 19.1 Å². The highest BCUT2D eigenvalue weighted by Gasteiger charge is 2.07. The Kier molecular flexibility index (Phi) is 8.02. The van der Waals surface area contributed by atoms with Crippen molar-refractivity contribution in [2.75, 3.05) is 24.6 Å². The van der Waals surface area contributed by atoms with E-state index < -0.39 is 5.63 Å². The first kappa shape index (κ1) is 23.1. The van der Waals surface area contributed by atoms with E-state index in [2.05, 4.69) is 41.4 Å². The van der Waals surface area contributed by atoms with Crippen molar-refractivity contribution in [2.45, 2.75) is 33.6 Å². The maximum atomic E-state index is 12.0. The summed E-state index contributed by atoms with van der Waals surface area (Å²) in [5, 5.41) is 4.82. The molecule has 168 valence electrons. The Bertz CT molecular complexity index is 1130. The fourth-order valence-corrected chi connectivity index (χ4v) is 3.44. The highest BCUT2D eigenvalue weighted by atomic mass is 16.5. The third-order valence-electron chi connectivity index (χ3n) is 4.94. The summed E-state index contributed by atoms with van der Waals surface area (Å²) in [6.45, 7) is 8.04. The largest absolute Gasteiger partial charge is 0.484 e. The monoisotopic (exact) mass is 435 g/mol. The van der Waals surface area contributed by atoms with Crippen molar-refractivity contribution < 1.29 is 13.9 Å². The van der Waals surface area contributed by atoms with Crippen LogP contribution in [0.5, 0.6) is 5.75 Å². The van der Waals surface area contributed by atoms with Crippen molar-refractivity contribution in [3.63, 3.8) is 0 Å². The van der Waals surface area contributed by atoms with E-state index >= 15 is 0 Å². The lowest BCUT2D eigenvalue weighted by Crippen LogP contribution is -2.25. The van der Waals surface area contributed by atoms with Crippen molar-refractivity contribution in [1.29, 1.82) is 0 Å². The summed E-state index contributed by atoms with van der Waals surface area (Å²) in [4.78, 5) is 25.9. The number of carbonyl (C=O) groups is 1. The summed E-state index contributed by atoms with van der Waals surface area (Å²) >= 11 is 0. The summed E-state index contributed by atoms with van der Waals surface area (Å²) < 4.78 is 10.7. The highest BCUT2D eigenvalue weighted by molar-refractivity contribution is 5.84. The number of nitrogens with zero attached hydrogens (tertiary/aromatic N) is 2. The molecular weight excluding hydrogens is 406 g/mol. The van der Waals surface area contributed by atoms with Gasteiger partial charge >= 0.3 is 5.63 Å². The van der Waals surface area contributed by atoms with Gasteiger partial charge in [0.15, 0.2) is 6.61 Å². The van der Waals surface area contributed by atoms with Gasteiger partial charge in [-0.2, -0.15) is 5.10 Å². The van der Waals surface area contributed by atoms with E-state index in [0.717, 1.165) is 42.4 Å². The lowest BCUT2D eigenvalue weighted by molar-refractivity contribution is -0.123. The SMILES string of the molecule is CCCN(CCC)c1ccc(/C=N/NC(=O)COc2ccc3c(C)cc(=O)oc3c2)cc1. The van der Waals surface area contributed by atoms with Crippen LogP contribution in [0.15, 0.2) is 62.8 Å². The van der Waals surface area contributed by atoms with Crippen LogP contribution < -0.4 is 20.7 Å². The number of hydrogen-bond donors (Lipinski definition) is 1. The van der Waals surface area contributed by atoms with Crippen molar-refractivity contribution in [1.82, 2.24) is 5.43 Å². The number of benzene rings is 2. The van der Waals surface area contributed by atoms with Crippen LogP contribution >= 0.6 is 0 Å². The van der Waals surface area contributed by atoms with Gasteiger partial charge < -0.3 is 14.1 Å². The van der Waals surface area contributed by atoms with Crippen molar-refractivity contribution >= 4 is 28.8 Å². The van der Waals surface area contributed by atoms with Gasteiger partial charge in [0.2, 0.25) is 0 Å². The average Bonchev–Trinajstić information content (AvgIpc) is 2.77. The molecule has 1 amide bonds. The Morgan fingerprint density at radius 1 is 1.09 bits per heavy atom. The van der Waals surface area contributed by atoms with Crippen LogP contribution in [0.2, 0.25) is 0 Å².